The molecule has 0 saturated heterocycles. The van der Waals surface area contributed by atoms with Gasteiger partial charge in [0.15, 0.2) is 0 Å². The fraction of sp³-hybridized carbons (Fsp3) is 0.727. The topological polar surface area (TPSA) is 63.2 Å². The quantitative estimate of drug-likeness (QED) is 0.812. The second kappa shape index (κ2) is 6.22. The van der Waals surface area contributed by atoms with Gasteiger partial charge in [-0.3, -0.25) is 0 Å². The average Bonchev–Trinajstić information content (AvgIpc) is 2.36. The van der Waals surface area contributed by atoms with Crippen LogP contribution in [0.1, 0.15) is 27.2 Å². The molecule has 1 aromatic heterocycles. The maximum absolute atomic E-state index is 5.08. The third-order valence-electron chi connectivity index (χ3n) is 2.69. The van der Waals surface area contributed by atoms with Gasteiger partial charge in [-0.05, 0) is 20.3 Å². The minimum Gasteiger partial charge on any atom is -0.467 e. The summed E-state index contributed by atoms with van der Waals surface area (Å²) in [5, 5.41) is 3.07. The third-order valence-corrected chi connectivity index (χ3v) is 2.69. The second-order valence-corrected chi connectivity index (χ2v) is 3.84. The average molecular weight is 239 g/mol. The number of hydrogen-bond donors (Lipinski definition) is 1. The van der Waals surface area contributed by atoms with Crippen LogP contribution in [-0.2, 0) is 0 Å². The van der Waals surface area contributed by atoms with Crippen LogP contribution in [0.25, 0.3) is 0 Å². The van der Waals surface area contributed by atoms with Crippen LogP contribution in [0.3, 0.4) is 0 Å². The smallest absolute Gasteiger partial charge is 0.322 e. The molecule has 0 aliphatic heterocycles. The normalized spacial score (nSPS) is 12.1. The minimum atomic E-state index is 0.334. The summed E-state index contributed by atoms with van der Waals surface area (Å²) >= 11 is 0. The molecule has 1 N–H and O–H groups in total. The summed E-state index contributed by atoms with van der Waals surface area (Å²) in [6.07, 6.45) is 1.03. The summed E-state index contributed by atoms with van der Waals surface area (Å²) in [7, 11) is 3.52. The number of nitrogens with zero attached hydrogens (tertiary/aromatic N) is 4. The lowest BCUT2D eigenvalue weighted by Gasteiger charge is -2.24. The van der Waals surface area contributed by atoms with E-state index in [-0.39, 0.29) is 0 Å². The molecular weight excluding hydrogens is 218 g/mol. The molecule has 1 rings (SSSR count). The van der Waals surface area contributed by atoms with E-state index in [9.17, 15) is 0 Å². The van der Waals surface area contributed by atoms with Crippen LogP contribution >= 0.6 is 0 Å². The van der Waals surface area contributed by atoms with E-state index >= 15 is 0 Å². The van der Waals surface area contributed by atoms with E-state index in [2.05, 4.69) is 34.1 Å². The first-order chi connectivity index (χ1) is 8.12. The van der Waals surface area contributed by atoms with E-state index in [1.807, 2.05) is 18.9 Å². The third kappa shape index (κ3) is 3.44. The summed E-state index contributed by atoms with van der Waals surface area (Å²) in [6, 6.07) is 0.706. The molecule has 0 fully saturated rings. The minimum absolute atomic E-state index is 0.334. The van der Waals surface area contributed by atoms with Crippen LogP contribution < -0.4 is 15.0 Å². The van der Waals surface area contributed by atoms with Crippen molar-refractivity contribution >= 4 is 11.9 Å². The van der Waals surface area contributed by atoms with Crippen molar-refractivity contribution in [2.24, 2.45) is 0 Å². The molecule has 0 bridgehead atoms. The van der Waals surface area contributed by atoms with Crippen LogP contribution in [0.4, 0.5) is 11.9 Å². The highest BCUT2D eigenvalue weighted by molar-refractivity contribution is 5.38. The number of nitrogens with one attached hydrogen (secondary N) is 1. The molecule has 1 atom stereocenters. The summed E-state index contributed by atoms with van der Waals surface area (Å²) in [6.45, 7) is 7.02. The Labute approximate surface area is 102 Å². The van der Waals surface area contributed by atoms with Gasteiger partial charge < -0.3 is 15.0 Å². The van der Waals surface area contributed by atoms with Gasteiger partial charge in [0.2, 0.25) is 11.9 Å². The molecule has 0 saturated carbocycles. The van der Waals surface area contributed by atoms with Crippen molar-refractivity contribution in [2.45, 2.75) is 33.2 Å². The van der Waals surface area contributed by atoms with Gasteiger partial charge in [0.1, 0.15) is 0 Å². The predicted molar refractivity (Wildman–Crippen MR) is 68.7 cm³/mol. The maximum Gasteiger partial charge on any atom is 0.322 e. The SMILES string of the molecule is CCNc1nc(OC)nc(N(C)C(C)CC)n1. The standard InChI is InChI=1S/C11H21N5O/c1-6-8(3)16(4)10-13-9(12-7-2)14-11(15-10)17-5/h8H,6-7H2,1-5H3,(H,12,13,14,15). The van der Waals surface area contributed by atoms with Crippen LogP contribution in [0.2, 0.25) is 0 Å². The summed E-state index contributed by atoms with van der Waals surface area (Å²) < 4.78 is 5.08. The Balaban J connectivity index is 3.01. The molecule has 6 heteroatoms. The first kappa shape index (κ1) is 13.5. The van der Waals surface area contributed by atoms with Crippen molar-refractivity contribution in [1.29, 1.82) is 0 Å². The summed E-state index contributed by atoms with van der Waals surface area (Å²) in [5.74, 6) is 1.17. The van der Waals surface area contributed by atoms with Crippen molar-refractivity contribution in [3.05, 3.63) is 0 Å². The number of rotatable bonds is 6. The van der Waals surface area contributed by atoms with Crippen molar-refractivity contribution in [2.75, 3.05) is 30.9 Å². The molecule has 0 aliphatic rings. The molecule has 1 aromatic rings. The summed E-state index contributed by atoms with van der Waals surface area (Å²) in [5.41, 5.74) is 0. The van der Waals surface area contributed by atoms with Crippen LogP contribution in [0.15, 0.2) is 0 Å². The van der Waals surface area contributed by atoms with Gasteiger partial charge in [-0.25, -0.2) is 0 Å². The van der Waals surface area contributed by atoms with Gasteiger partial charge in [0, 0.05) is 19.6 Å². The fourth-order valence-electron chi connectivity index (χ4n) is 1.30. The zero-order valence-corrected chi connectivity index (χ0v) is 11.2. The van der Waals surface area contributed by atoms with E-state index < -0.39 is 0 Å². The predicted octanol–water partition coefficient (Wildman–Crippen LogP) is 1.55. The van der Waals surface area contributed by atoms with Crippen LogP contribution in [-0.4, -0.2) is 41.7 Å². The van der Waals surface area contributed by atoms with Gasteiger partial charge in [-0.1, -0.05) is 6.92 Å². The highest BCUT2D eigenvalue weighted by Gasteiger charge is 2.14. The number of aromatic nitrogens is 3. The van der Waals surface area contributed by atoms with Crippen molar-refractivity contribution in [3.63, 3.8) is 0 Å². The number of anilines is 2. The Bertz CT molecular complexity index is 358. The largest absolute Gasteiger partial charge is 0.467 e. The van der Waals surface area contributed by atoms with E-state index in [1.54, 1.807) is 7.11 Å². The first-order valence-electron chi connectivity index (χ1n) is 5.89. The molecule has 6 nitrogen and oxygen atoms in total. The van der Waals surface area contributed by atoms with Gasteiger partial charge >= 0.3 is 6.01 Å². The van der Waals surface area contributed by atoms with E-state index in [4.69, 9.17) is 4.74 Å². The lowest BCUT2D eigenvalue weighted by atomic mass is 10.2. The molecule has 96 valence electrons. The molecule has 0 radical (unpaired) electrons. The van der Waals surface area contributed by atoms with Gasteiger partial charge in [0.05, 0.1) is 7.11 Å². The molecule has 0 aromatic carbocycles. The second-order valence-electron chi connectivity index (χ2n) is 3.84. The molecule has 17 heavy (non-hydrogen) atoms. The fourth-order valence-corrected chi connectivity index (χ4v) is 1.30. The highest BCUT2D eigenvalue weighted by Crippen LogP contribution is 2.16. The van der Waals surface area contributed by atoms with Crippen LogP contribution in [0.5, 0.6) is 6.01 Å². The van der Waals surface area contributed by atoms with Crippen molar-refractivity contribution in [3.8, 4) is 6.01 Å². The number of hydrogen-bond acceptors (Lipinski definition) is 6. The number of ether oxygens (including phenoxy) is 1. The Hall–Kier alpha value is -1.59. The van der Waals surface area contributed by atoms with E-state index in [0.29, 0.717) is 23.9 Å². The molecule has 1 heterocycles. The zero-order chi connectivity index (χ0) is 12.8. The lowest BCUT2D eigenvalue weighted by Crippen LogP contribution is -2.30. The molecule has 0 amide bonds. The zero-order valence-electron chi connectivity index (χ0n) is 11.2. The molecule has 0 aliphatic carbocycles. The van der Waals surface area contributed by atoms with Crippen molar-refractivity contribution < 1.29 is 4.74 Å². The molecular formula is C11H21N5O. The Kier molecular flexibility index (Phi) is 4.93. The Morgan fingerprint density at radius 1 is 1.29 bits per heavy atom. The Morgan fingerprint density at radius 3 is 2.53 bits per heavy atom. The molecule has 0 spiro atoms. The maximum atomic E-state index is 5.08. The van der Waals surface area contributed by atoms with Gasteiger partial charge in [0.25, 0.3) is 0 Å². The van der Waals surface area contributed by atoms with E-state index in [1.165, 1.54) is 0 Å². The summed E-state index contributed by atoms with van der Waals surface area (Å²) in [4.78, 5) is 14.7. The monoisotopic (exact) mass is 239 g/mol. The lowest BCUT2D eigenvalue weighted by molar-refractivity contribution is 0.378. The van der Waals surface area contributed by atoms with Crippen molar-refractivity contribution in [1.82, 2.24) is 15.0 Å². The van der Waals surface area contributed by atoms with E-state index in [0.717, 1.165) is 13.0 Å². The highest BCUT2D eigenvalue weighted by atomic mass is 16.5. The number of methoxy groups -OCH3 is 1. The molecule has 1 unspecified atom stereocenters. The van der Waals surface area contributed by atoms with Crippen LogP contribution in [0, 0.1) is 0 Å². The Morgan fingerprint density at radius 2 is 2.00 bits per heavy atom. The first-order valence-corrected chi connectivity index (χ1v) is 5.89. The van der Waals surface area contributed by atoms with Gasteiger partial charge in [-0.15, -0.1) is 0 Å². The van der Waals surface area contributed by atoms with Gasteiger partial charge in [-0.2, -0.15) is 15.0 Å².